The van der Waals surface area contributed by atoms with Crippen LogP contribution >= 0.6 is 11.6 Å². The molecule has 0 fully saturated rings. The molecule has 0 unspecified atom stereocenters. The van der Waals surface area contributed by atoms with E-state index in [-0.39, 0.29) is 12.7 Å². The van der Waals surface area contributed by atoms with Crippen LogP contribution < -0.4 is 14.4 Å². The fourth-order valence-electron chi connectivity index (χ4n) is 3.82. The molecule has 3 aromatic carbocycles. The summed E-state index contributed by atoms with van der Waals surface area (Å²) in [5.41, 5.74) is 4.72. The number of hydrogen-bond acceptors (Lipinski definition) is 4. The van der Waals surface area contributed by atoms with Crippen LogP contribution in [0.4, 0.5) is 5.69 Å². The molecule has 31 heavy (non-hydrogen) atoms. The van der Waals surface area contributed by atoms with E-state index in [0.717, 1.165) is 22.4 Å². The second-order valence-electron chi connectivity index (χ2n) is 7.54. The molecular formula is C25H19ClN2O3. The molecule has 0 spiro atoms. The molecule has 154 valence electrons. The molecule has 0 N–H and O–H groups in total. The standard InChI is InChI=1S/C25H19ClN2O3/c1-15-9-16(2)11-18(10-15)28-24(19-5-3-4-6-20(19)26)27-21(25(28)29)12-17-7-8-22-23(13-17)31-14-30-22/h3-13H,14H2,1-2H3/b21-12-. The van der Waals surface area contributed by atoms with Crippen molar-refractivity contribution < 1.29 is 14.3 Å². The van der Waals surface area contributed by atoms with E-state index < -0.39 is 0 Å². The van der Waals surface area contributed by atoms with Crippen molar-refractivity contribution in [3.05, 3.63) is 93.6 Å². The predicted octanol–water partition coefficient (Wildman–Crippen LogP) is 5.52. The Morgan fingerprint density at radius 2 is 1.71 bits per heavy atom. The molecule has 0 saturated carbocycles. The Kier molecular flexibility index (Phi) is 4.75. The van der Waals surface area contributed by atoms with Crippen LogP contribution in [0.25, 0.3) is 6.08 Å². The number of carbonyl (C=O) groups is 1. The van der Waals surface area contributed by atoms with Crippen LogP contribution in [0, 0.1) is 13.8 Å². The van der Waals surface area contributed by atoms with E-state index in [1.165, 1.54) is 0 Å². The van der Waals surface area contributed by atoms with Gasteiger partial charge in [0, 0.05) is 5.56 Å². The highest BCUT2D eigenvalue weighted by atomic mass is 35.5. The van der Waals surface area contributed by atoms with Gasteiger partial charge in [-0.25, -0.2) is 4.99 Å². The van der Waals surface area contributed by atoms with Crippen LogP contribution in [-0.4, -0.2) is 18.5 Å². The van der Waals surface area contributed by atoms with Crippen molar-refractivity contribution in [3.63, 3.8) is 0 Å². The number of hydrogen-bond donors (Lipinski definition) is 0. The van der Waals surface area contributed by atoms with E-state index in [1.54, 1.807) is 17.0 Å². The zero-order valence-corrected chi connectivity index (χ0v) is 17.8. The zero-order chi connectivity index (χ0) is 21.5. The summed E-state index contributed by atoms with van der Waals surface area (Å²) < 4.78 is 10.8. The Balaban J connectivity index is 1.64. The largest absolute Gasteiger partial charge is 0.454 e. The molecule has 0 bridgehead atoms. The number of amidine groups is 1. The van der Waals surface area contributed by atoms with Gasteiger partial charge in [-0.1, -0.05) is 35.9 Å². The zero-order valence-electron chi connectivity index (χ0n) is 17.1. The van der Waals surface area contributed by atoms with Crippen LogP contribution in [-0.2, 0) is 4.79 Å². The molecule has 5 nitrogen and oxygen atoms in total. The van der Waals surface area contributed by atoms with Gasteiger partial charge in [0.05, 0.1) is 10.7 Å². The lowest BCUT2D eigenvalue weighted by atomic mass is 10.1. The average Bonchev–Trinajstić information content (AvgIpc) is 3.32. The monoisotopic (exact) mass is 430 g/mol. The highest BCUT2D eigenvalue weighted by Crippen LogP contribution is 2.35. The van der Waals surface area contributed by atoms with Crippen LogP contribution in [0.15, 0.2) is 71.4 Å². The van der Waals surface area contributed by atoms with Crippen molar-refractivity contribution in [2.24, 2.45) is 4.99 Å². The van der Waals surface area contributed by atoms with E-state index in [2.05, 4.69) is 6.07 Å². The van der Waals surface area contributed by atoms with Gasteiger partial charge in [0.25, 0.3) is 5.91 Å². The van der Waals surface area contributed by atoms with Crippen molar-refractivity contribution >= 4 is 35.1 Å². The quantitative estimate of drug-likeness (QED) is 0.514. The highest BCUT2D eigenvalue weighted by molar-refractivity contribution is 6.39. The van der Waals surface area contributed by atoms with Crippen LogP contribution in [0.2, 0.25) is 5.02 Å². The Morgan fingerprint density at radius 1 is 0.968 bits per heavy atom. The Morgan fingerprint density at radius 3 is 2.48 bits per heavy atom. The minimum Gasteiger partial charge on any atom is -0.454 e. The third kappa shape index (κ3) is 3.57. The number of fused-ring (bicyclic) bond motifs is 1. The molecule has 0 aromatic heterocycles. The van der Waals surface area contributed by atoms with E-state index in [0.29, 0.717) is 33.6 Å². The van der Waals surface area contributed by atoms with Gasteiger partial charge >= 0.3 is 0 Å². The normalized spacial score (nSPS) is 16.2. The lowest BCUT2D eigenvalue weighted by Crippen LogP contribution is -2.33. The van der Waals surface area contributed by atoms with Crippen LogP contribution in [0.3, 0.4) is 0 Å². The molecule has 6 heteroatoms. The van der Waals surface area contributed by atoms with E-state index in [9.17, 15) is 4.79 Å². The summed E-state index contributed by atoms with van der Waals surface area (Å²) in [6.45, 7) is 4.21. The summed E-state index contributed by atoms with van der Waals surface area (Å²) in [7, 11) is 0. The van der Waals surface area contributed by atoms with E-state index in [4.69, 9.17) is 26.1 Å². The maximum atomic E-state index is 13.5. The summed E-state index contributed by atoms with van der Waals surface area (Å²) in [6.07, 6.45) is 1.75. The molecule has 3 aromatic rings. The van der Waals surface area contributed by atoms with Gasteiger partial charge in [-0.3, -0.25) is 9.69 Å². The van der Waals surface area contributed by atoms with Gasteiger partial charge in [-0.05, 0) is 73.0 Å². The summed E-state index contributed by atoms with van der Waals surface area (Å²) in [5, 5.41) is 0.535. The van der Waals surface area contributed by atoms with Crippen molar-refractivity contribution in [1.29, 1.82) is 0 Å². The minimum absolute atomic E-state index is 0.198. The first-order chi connectivity index (χ1) is 15.0. The van der Waals surface area contributed by atoms with Crippen molar-refractivity contribution in [2.75, 3.05) is 11.7 Å². The van der Waals surface area contributed by atoms with Gasteiger partial charge in [0.15, 0.2) is 11.5 Å². The summed E-state index contributed by atoms with van der Waals surface area (Å²) in [6, 6.07) is 19.0. The summed E-state index contributed by atoms with van der Waals surface area (Å²) in [4.78, 5) is 19.8. The highest BCUT2D eigenvalue weighted by Gasteiger charge is 2.33. The molecular weight excluding hydrogens is 412 g/mol. The third-order valence-corrected chi connectivity index (χ3v) is 5.47. The molecule has 0 aliphatic carbocycles. The number of halogens is 1. The van der Waals surface area contributed by atoms with Crippen molar-refractivity contribution in [1.82, 2.24) is 0 Å². The number of carbonyl (C=O) groups excluding carboxylic acids is 1. The van der Waals surface area contributed by atoms with Gasteiger partial charge in [0.2, 0.25) is 6.79 Å². The molecule has 2 aliphatic rings. The van der Waals surface area contributed by atoms with Crippen LogP contribution in [0.1, 0.15) is 22.3 Å². The van der Waals surface area contributed by atoms with Gasteiger partial charge in [0.1, 0.15) is 11.5 Å². The fourth-order valence-corrected chi connectivity index (χ4v) is 4.04. The number of aryl methyl sites for hydroxylation is 2. The second kappa shape index (κ2) is 7.60. The smallest absolute Gasteiger partial charge is 0.282 e. The molecule has 2 heterocycles. The van der Waals surface area contributed by atoms with E-state index in [1.807, 2.05) is 62.4 Å². The minimum atomic E-state index is -0.211. The lowest BCUT2D eigenvalue weighted by Gasteiger charge is -2.20. The Bertz CT molecular complexity index is 1260. The fraction of sp³-hybridized carbons (Fsp3) is 0.120. The van der Waals surface area contributed by atoms with Crippen molar-refractivity contribution in [3.8, 4) is 11.5 Å². The number of nitrogens with zero attached hydrogens (tertiary/aromatic N) is 2. The van der Waals surface area contributed by atoms with Crippen LogP contribution in [0.5, 0.6) is 11.5 Å². The molecule has 0 saturated heterocycles. The number of benzene rings is 3. The Labute approximate surface area is 185 Å². The number of aliphatic imine (C=N–C) groups is 1. The summed E-state index contributed by atoms with van der Waals surface area (Å²) >= 11 is 6.47. The third-order valence-electron chi connectivity index (χ3n) is 5.14. The predicted molar refractivity (Wildman–Crippen MR) is 122 cm³/mol. The summed E-state index contributed by atoms with van der Waals surface area (Å²) in [5.74, 6) is 1.64. The maximum Gasteiger partial charge on any atom is 0.282 e. The number of amides is 1. The lowest BCUT2D eigenvalue weighted by molar-refractivity contribution is -0.113. The van der Waals surface area contributed by atoms with Gasteiger partial charge < -0.3 is 9.47 Å². The average molecular weight is 431 g/mol. The second-order valence-corrected chi connectivity index (χ2v) is 7.95. The molecule has 2 aliphatic heterocycles. The first-order valence-corrected chi connectivity index (χ1v) is 10.2. The van der Waals surface area contributed by atoms with Gasteiger partial charge in [-0.2, -0.15) is 0 Å². The maximum absolute atomic E-state index is 13.5. The topological polar surface area (TPSA) is 51.1 Å². The molecule has 1 amide bonds. The molecule has 5 rings (SSSR count). The molecule has 0 atom stereocenters. The SMILES string of the molecule is Cc1cc(C)cc(N2C(=O)/C(=C/c3ccc4c(c3)OCO4)N=C2c2ccccc2Cl)c1. The molecule has 0 radical (unpaired) electrons. The first kappa shape index (κ1) is 19.4. The van der Waals surface area contributed by atoms with E-state index >= 15 is 0 Å². The number of anilines is 1. The Hall–Kier alpha value is -3.57. The number of rotatable bonds is 3. The van der Waals surface area contributed by atoms with Gasteiger partial charge in [-0.15, -0.1) is 0 Å². The van der Waals surface area contributed by atoms with Crippen molar-refractivity contribution in [2.45, 2.75) is 13.8 Å². The first-order valence-electron chi connectivity index (χ1n) is 9.87. The number of ether oxygens (including phenoxy) is 2.